The zero-order chi connectivity index (χ0) is 13.7. The maximum absolute atomic E-state index is 11.6. The highest BCUT2D eigenvalue weighted by Crippen LogP contribution is 2.01. The molecule has 18 heavy (non-hydrogen) atoms. The van der Waals surface area contributed by atoms with Crippen molar-refractivity contribution in [3.8, 4) is 0 Å². The maximum Gasteiger partial charge on any atom is 0.326 e. The molecular weight excluding hydrogens is 246 g/mol. The third-order valence-corrected chi connectivity index (χ3v) is 2.15. The Hall–Kier alpha value is -2.45. The van der Waals surface area contributed by atoms with Gasteiger partial charge in [-0.1, -0.05) is 0 Å². The monoisotopic (exact) mass is 257 g/mol. The normalized spacial score (nSPS) is 16.2. The first kappa shape index (κ1) is 13.6. The number of amides is 2. The van der Waals surface area contributed by atoms with Crippen molar-refractivity contribution >= 4 is 29.5 Å². The van der Waals surface area contributed by atoms with Gasteiger partial charge in [0.25, 0.3) is 5.91 Å². The molecular formula is C9H11N3O6. The number of hydrogen-bond donors (Lipinski definition) is 4. The fraction of sp³-hybridized carbons (Fsp3) is 0.444. The number of carboxylic acids is 2. The number of hydrogen-bond acceptors (Lipinski definition) is 5. The van der Waals surface area contributed by atoms with E-state index in [-0.39, 0.29) is 24.5 Å². The Bertz CT molecular complexity index is 430. The molecule has 1 rings (SSSR count). The van der Waals surface area contributed by atoms with Crippen LogP contribution in [0.15, 0.2) is 5.10 Å². The van der Waals surface area contributed by atoms with E-state index in [9.17, 15) is 19.2 Å². The SMILES string of the molecule is O=C(O)CC(NC(=O)C1=NNC(=O)CC1)C(=O)O. The second-order valence-electron chi connectivity index (χ2n) is 3.56. The van der Waals surface area contributed by atoms with Crippen LogP contribution in [-0.4, -0.2) is 45.7 Å². The molecule has 0 radical (unpaired) electrons. The summed E-state index contributed by atoms with van der Waals surface area (Å²) < 4.78 is 0. The lowest BCUT2D eigenvalue weighted by Crippen LogP contribution is -2.46. The van der Waals surface area contributed by atoms with Crippen molar-refractivity contribution in [1.82, 2.24) is 10.7 Å². The lowest BCUT2D eigenvalue weighted by molar-refractivity contribution is -0.146. The summed E-state index contributed by atoms with van der Waals surface area (Å²) in [4.78, 5) is 43.5. The minimum atomic E-state index is -1.53. The van der Waals surface area contributed by atoms with Gasteiger partial charge in [-0.2, -0.15) is 5.10 Å². The molecule has 1 heterocycles. The molecule has 2 amide bonds. The van der Waals surface area contributed by atoms with E-state index in [1.54, 1.807) is 0 Å². The second-order valence-corrected chi connectivity index (χ2v) is 3.56. The lowest BCUT2D eigenvalue weighted by atomic mass is 10.1. The summed E-state index contributed by atoms with van der Waals surface area (Å²) in [6.45, 7) is 0. The average Bonchev–Trinajstić information content (AvgIpc) is 2.28. The Morgan fingerprint density at radius 1 is 1.33 bits per heavy atom. The predicted octanol–water partition coefficient (Wildman–Crippen LogP) is -1.70. The molecule has 0 saturated carbocycles. The number of nitrogens with one attached hydrogen (secondary N) is 2. The van der Waals surface area contributed by atoms with Gasteiger partial charge in [-0.25, -0.2) is 10.2 Å². The highest BCUT2D eigenvalue weighted by Gasteiger charge is 2.26. The summed E-state index contributed by atoms with van der Waals surface area (Å²) in [6, 6.07) is -1.53. The molecule has 1 aliphatic rings. The van der Waals surface area contributed by atoms with Gasteiger partial charge in [0.2, 0.25) is 5.91 Å². The van der Waals surface area contributed by atoms with Crippen LogP contribution in [0, 0.1) is 0 Å². The molecule has 98 valence electrons. The molecule has 0 aromatic rings. The Morgan fingerprint density at radius 2 is 2.00 bits per heavy atom. The van der Waals surface area contributed by atoms with E-state index in [0.29, 0.717) is 0 Å². The van der Waals surface area contributed by atoms with Crippen LogP contribution in [0.5, 0.6) is 0 Å². The van der Waals surface area contributed by atoms with Crippen LogP contribution in [0.3, 0.4) is 0 Å². The number of carboxylic acid groups (broad SMARTS) is 2. The summed E-state index contributed by atoms with van der Waals surface area (Å²) in [5.74, 6) is -3.94. The molecule has 9 nitrogen and oxygen atoms in total. The van der Waals surface area contributed by atoms with Crippen LogP contribution in [-0.2, 0) is 19.2 Å². The van der Waals surface area contributed by atoms with Crippen LogP contribution >= 0.6 is 0 Å². The van der Waals surface area contributed by atoms with E-state index in [1.165, 1.54) is 0 Å². The van der Waals surface area contributed by atoms with E-state index in [1.807, 2.05) is 5.32 Å². The highest BCUT2D eigenvalue weighted by atomic mass is 16.4. The van der Waals surface area contributed by atoms with Crippen molar-refractivity contribution in [2.24, 2.45) is 5.10 Å². The van der Waals surface area contributed by atoms with Gasteiger partial charge in [0.15, 0.2) is 0 Å². The first-order chi connectivity index (χ1) is 8.40. The first-order valence-electron chi connectivity index (χ1n) is 5.01. The Morgan fingerprint density at radius 3 is 2.44 bits per heavy atom. The summed E-state index contributed by atoms with van der Waals surface area (Å²) in [5, 5.41) is 22.7. The van der Waals surface area contributed by atoms with Crippen molar-refractivity contribution in [3.63, 3.8) is 0 Å². The van der Waals surface area contributed by atoms with Gasteiger partial charge in [0.1, 0.15) is 11.8 Å². The maximum atomic E-state index is 11.6. The predicted molar refractivity (Wildman–Crippen MR) is 56.6 cm³/mol. The Labute approximate surface area is 101 Å². The number of carbonyl (C=O) groups is 4. The van der Waals surface area contributed by atoms with Crippen LogP contribution in [0.1, 0.15) is 19.3 Å². The third-order valence-electron chi connectivity index (χ3n) is 2.15. The first-order valence-corrected chi connectivity index (χ1v) is 5.01. The average molecular weight is 257 g/mol. The molecule has 0 bridgehead atoms. The van der Waals surface area contributed by atoms with Gasteiger partial charge in [-0.3, -0.25) is 14.4 Å². The van der Waals surface area contributed by atoms with Crippen LogP contribution in [0.25, 0.3) is 0 Å². The summed E-state index contributed by atoms with van der Waals surface area (Å²) >= 11 is 0. The number of carbonyl (C=O) groups excluding carboxylic acids is 2. The molecule has 0 fully saturated rings. The highest BCUT2D eigenvalue weighted by molar-refractivity contribution is 6.39. The molecule has 4 N–H and O–H groups in total. The van der Waals surface area contributed by atoms with Crippen molar-refractivity contribution in [2.75, 3.05) is 0 Å². The van der Waals surface area contributed by atoms with Gasteiger partial charge in [-0.05, 0) is 0 Å². The van der Waals surface area contributed by atoms with Crippen molar-refractivity contribution in [2.45, 2.75) is 25.3 Å². The number of rotatable bonds is 5. The molecule has 0 saturated heterocycles. The minimum Gasteiger partial charge on any atom is -0.481 e. The number of aliphatic carboxylic acids is 2. The second kappa shape index (κ2) is 5.75. The third kappa shape index (κ3) is 3.85. The summed E-state index contributed by atoms with van der Waals surface area (Å²) in [7, 11) is 0. The van der Waals surface area contributed by atoms with E-state index >= 15 is 0 Å². The van der Waals surface area contributed by atoms with E-state index < -0.39 is 30.3 Å². The molecule has 1 aliphatic heterocycles. The number of hydrazone groups is 1. The fourth-order valence-corrected chi connectivity index (χ4v) is 1.25. The van der Waals surface area contributed by atoms with Crippen LogP contribution in [0.2, 0.25) is 0 Å². The summed E-state index contributed by atoms with van der Waals surface area (Å²) in [5.41, 5.74) is 2.04. The molecule has 1 unspecified atom stereocenters. The van der Waals surface area contributed by atoms with Gasteiger partial charge in [-0.15, -0.1) is 0 Å². The zero-order valence-corrected chi connectivity index (χ0v) is 9.17. The fourth-order valence-electron chi connectivity index (χ4n) is 1.25. The number of nitrogens with zero attached hydrogens (tertiary/aromatic N) is 1. The Balaban J connectivity index is 2.64. The van der Waals surface area contributed by atoms with Gasteiger partial charge >= 0.3 is 11.9 Å². The van der Waals surface area contributed by atoms with Gasteiger partial charge < -0.3 is 15.5 Å². The quantitative estimate of drug-likeness (QED) is 0.461. The molecule has 0 aromatic heterocycles. The molecule has 0 aliphatic carbocycles. The molecule has 9 heteroatoms. The standard InChI is InChI=1S/C9H11N3O6/c13-6-2-1-4(11-12-6)8(16)10-5(9(17)18)3-7(14)15/h5H,1-3H2,(H,10,16)(H,12,13)(H,14,15)(H,17,18). The Kier molecular flexibility index (Phi) is 4.35. The molecule has 1 atom stereocenters. The summed E-state index contributed by atoms with van der Waals surface area (Å²) in [6.07, 6.45) is -0.583. The zero-order valence-electron chi connectivity index (χ0n) is 9.17. The minimum absolute atomic E-state index is 0.0359. The largest absolute Gasteiger partial charge is 0.481 e. The molecule has 0 aromatic carbocycles. The van der Waals surface area contributed by atoms with Gasteiger partial charge in [0.05, 0.1) is 6.42 Å². The van der Waals surface area contributed by atoms with Crippen molar-refractivity contribution < 1.29 is 29.4 Å². The van der Waals surface area contributed by atoms with E-state index in [2.05, 4.69) is 10.5 Å². The van der Waals surface area contributed by atoms with E-state index in [0.717, 1.165) is 0 Å². The lowest BCUT2D eigenvalue weighted by Gasteiger charge is -2.15. The van der Waals surface area contributed by atoms with Crippen molar-refractivity contribution in [3.05, 3.63) is 0 Å². The van der Waals surface area contributed by atoms with Crippen LogP contribution < -0.4 is 10.7 Å². The van der Waals surface area contributed by atoms with E-state index in [4.69, 9.17) is 10.2 Å². The van der Waals surface area contributed by atoms with Crippen molar-refractivity contribution in [1.29, 1.82) is 0 Å². The van der Waals surface area contributed by atoms with Gasteiger partial charge in [0, 0.05) is 12.8 Å². The smallest absolute Gasteiger partial charge is 0.326 e. The molecule has 0 spiro atoms. The van der Waals surface area contributed by atoms with Crippen LogP contribution in [0.4, 0.5) is 0 Å². The topological polar surface area (TPSA) is 145 Å².